The van der Waals surface area contributed by atoms with Gasteiger partial charge in [0.05, 0.1) is 0 Å². The van der Waals surface area contributed by atoms with Crippen LogP contribution in [-0.4, -0.2) is 6.54 Å². The van der Waals surface area contributed by atoms with E-state index in [9.17, 15) is 4.39 Å². The van der Waals surface area contributed by atoms with Crippen molar-refractivity contribution in [3.63, 3.8) is 0 Å². The van der Waals surface area contributed by atoms with Crippen molar-refractivity contribution in [1.29, 1.82) is 0 Å². The molecule has 160 valence electrons. The molecule has 0 amide bonds. The maximum atomic E-state index is 14.6. The minimum atomic E-state index is -1.41. The largest absolute Gasteiger partial charge is 0.359 e. The van der Waals surface area contributed by atoms with Crippen LogP contribution in [0, 0.1) is 12.3 Å². The monoisotopic (exact) mass is 399 g/mol. The van der Waals surface area contributed by atoms with Crippen molar-refractivity contribution in [3.05, 3.63) is 77.7 Å². The zero-order valence-electron chi connectivity index (χ0n) is 19.2. The molecular formula is C25H38FN3. The second-order valence-electron chi connectivity index (χ2n) is 8.44. The Morgan fingerprint density at radius 1 is 1.17 bits per heavy atom. The molecule has 0 saturated carbocycles. The van der Waals surface area contributed by atoms with Crippen LogP contribution in [0.1, 0.15) is 59.1 Å². The van der Waals surface area contributed by atoms with Crippen LogP contribution >= 0.6 is 0 Å². The number of aryl methyl sites for hydroxylation is 1. The maximum absolute atomic E-state index is 14.6. The lowest BCUT2D eigenvalue weighted by atomic mass is 9.85. The molecule has 0 radical (unpaired) electrons. The molecule has 29 heavy (non-hydrogen) atoms. The average Bonchev–Trinajstić information content (AvgIpc) is 2.66. The van der Waals surface area contributed by atoms with Gasteiger partial charge in [-0.15, -0.1) is 6.58 Å². The van der Waals surface area contributed by atoms with Crippen LogP contribution in [0.3, 0.4) is 0 Å². The van der Waals surface area contributed by atoms with Crippen molar-refractivity contribution in [2.75, 3.05) is 11.9 Å². The topological polar surface area (TPSA) is 36.1 Å². The van der Waals surface area contributed by atoms with Gasteiger partial charge in [0, 0.05) is 34.6 Å². The van der Waals surface area contributed by atoms with E-state index in [1.807, 2.05) is 50.3 Å². The molecule has 0 aliphatic heterocycles. The van der Waals surface area contributed by atoms with Crippen molar-refractivity contribution in [1.82, 2.24) is 10.9 Å². The standard InChI is InChI=1S/C25H38FN3/c1-10-25(9,11-2)21(6)29-27-17-19(4)12-14-20(5)28-23-15-13-18(3)16-22(23)24(7,8)26/h10,12-16,27-29H,1,6,11,17H2,2-5,7-9H3/b19-12+,20-14+. The fraction of sp³-hybridized carbons (Fsp3) is 0.440. The van der Waals surface area contributed by atoms with E-state index in [1.165, 1.54) is 0 Å². The van der Waals surface area contributed by atoms with Crippen molar-refractivity contribution >= 4 is 5.69 Å². The Morgan fingerprint density at radius 2 is 1.83 bits per heavy atom. The van der Waals surface area contributed by atoms with Crippen LogP contribution in [0.5, 0.6) is 0 Å². The first-order valence-electron chi connectivity index (χ1n) is 10.2. The zero-order valence-corrected chi connectivity index (χ0v) is 19.2. The Hall–Kier alpha value is -2.33. The second kappa shape index (κ2) is 10.4. The smallest absolute Gasteiger partial charge is 0.132 e. The predicted molar refractivity (Wildman–Crippen MR) is 125 cm³/mol. The molecule has 1 aromatic carbocycles. The molecule has 1 rings (SSSR count). The summed E-state index contributed by atoms with van der Waals surface area (Å²) >= 11 is 0. The summed E-state index contributed by atoms with van der Waals surface area (Å²) in [5.74, 6) is 0. The number of hydrogen-bond donors (Lipinski definition) is 3. The summed E-state index contributed by atoms with van der Waals surface area (Å²) in [6.45, 7) is 22.1. The number of hydrazine groups is 1. The van der Waals surface area contributed by atoms with Gasteiger partial charge in [0.25, 0.3) is 0 Å². The predicted octanol–water partition coefficient (Wildman–Crippen LogP) is 6.67. The molecule has 3 nitrogen and oxygen atoms in total. The summed E-state index contributed by atoms with van der Waals surface area (Å²) in [6.07, 6.45) is 6.90. The molecule has 0 spiro atoms. The quantitative estimate of drug-likeness (QED) is 0.221. The summed E-state index contributed by atoms with van der Waals surface area (Å²) in [7, 11) is 0. The fourth-order valence-corrected chi connectivity index (χ4v) is 2.75. The minimum absolute atomic E-state index is 0.138. The lowest BCUT2D eigenvalue weighted by Gasteiger charge is -2.27. The van der Waals surface area contributed by atoms with E-state index in [2.05, 4.69) is 50.1 Å². The molecule has 0 aliphatic carbocycles. The summed E-state index contributed by atoms with van der Waals surface area (Å²) in [5.41, 5.74) is 10.3. The van der Waals surface area contributed by atoms with Crippen LogP contribution in [0.4, 0.5) is 10.1 Å². The lowest BCUT2D eigenvalue weighted by Crippen LogP contribution is -2.37. The van der Waals surface area contributed by atoms with Crippen LogP contribution < -0.4 is 16.2 Å². The number of hydrogen-bond acceptors (Lipinski definition) is 3. The van der Waals surface area contributed by atoms with E-state index in [1.54, 1.807) is 13.8 Å². The van der Waals surface area contributed by atoms with Crippen LogP contribution in [0.15, 0.2) is 66.6 Å². The number of nitrogens with one attached hydrogen (secondary N) is 3. The number of allylic oxidation sites excluding steroid dienone is 4. The Kier molecular flexibility index (Phi) is 8.90. The molecule has 4 heteroatoms. The molecule has 0 aliphatic rings. The maximum Gasteiger partial charge on any atom is 0.132 e. The molecular weight excluding hydrogens is 361 g/mol. The summed E-state index contributed by atoms with van der Waals surface area (Å²) < 4.78 is 14.6. The van der Waals surface area contributed by atoms with Gasteiger partial charge in [-0.25, -0.2) is 9.82 Å². The summed E-state index contributed by atoms with van der Waals surface area (Å²) in [5, 5.41) is 3.32. The van der Waals surface area contributed by atoms with Crippen molar-refractivity contribution < 1.29 is 4.39 Å². The highest BCUT2D eigenvalue weighted by Gasteiger charge is 2.23. The summed E-state index contributed by atoms with van der Waals surface area (Å²) in [4.78, 5) is 0. The third-order valence-electron chi connectivity index (χ3n) is 5.25. The molecule has 1 unspecified atom stereocenters. The average molecular weight is 400 g/mol. The van der Waals surface area contributed by atoms with Gasteiger partial charge in [0.15, 0.2) is 0 Å². The minimum Gasteiger partial charge on any atom is -0.359 e. The van der Waals surface area contributed by atoms with E-state index >= 15 is 0 Å². The van der Waals surface area contributed by atoms with Gasteiger partial charge in [0.2, 0.25) is 0 Å². The first-order valence-corrected chi connectivity index (χ1v) is 10.2. The fourth-order valence-electron chi connectivity index (χ4n) is 2.75. The zero-order chi connectivity index (χ0) is 22.2. The van der Waals surface area contributed by atoms with Crippen molar-refractivity contribution in [2.24, 2.45) is 5.41 Å². The van der Waals surface area contributed by atoms with Crippen LogP contribution in [-0.2, 0) is 5.67 Å². The van der Waals surface area contributed by atoms with Crippen molar-refractivity contribution in [2.45, 2.75) is 60.6 Å². The van der Waals surface area contributed by atoms with Crippen LogP contribution in [0.25, 0.3) is 0 Å². The van der Waals surface area contributed by atoms with Crippen molar-refractivity contribution in [3.8, 4) is 0 Å². The number of alkyl halides is 1. The highest BCUT2D eigenvalue weighted by Crippen LogP contribution is 2.32. The highest BCUT2D eigenvalue weighted by molar-refractivity contribution is 5.58. The van der Waals surface area contributed by atoms with Gasteiger partial charge >= 0.3 is 0 Å². The van der Waals surface area contributed by atoms with Gasteiger partial charge in [-0.05, 0) is 53.2 Å². The van der Waals surface area contributed by atoms with Gasteiger partial charge in [-0.3, -0.25) is 0 Å². The highest BCUT2D eigenvalue weighted by atomic mass is 19.1. The molecule has 0 heterocycles. The van der Waals surface area contributed by atoms with Gasteiger partial charge < -0.3 is 10.7 Å². The first kappa shape index (κ1) is 24.7. The second-order valence-corrected chi connectivity index (χ2v) is 8.44. The van der Waals surface area contributed by atoms with Crippen LogP contribution in [0.2, 0.25) is 0 Å². The van der Waals surface area contributed by atoms with E-state index < -0.39 is 5.67 Å². The third-order valence-corrected chi connectivity index (χ3v) is 5.25. The molecule has 1 aromatic rings. The Balaban J connectivity index is 2.72. The first-order chi connectivity index (χ1) is 13.4. The van der Waals surface area contributed by atoms with Gasteiger partial charge in [-0.2, -0.15) is 0 Å². The van der Waals surface area contributed by atoms with Gasteiger partial charge in [0.1, 0.15) is 5.67 Å². The van der Waals surface area contributed by atoms with E-state index in [0.29, 0.717) is 12.1 Å². The lowest BCUT2D eigenvalue weighted by molar-refractivity contribution is 0.222. The Labute approximate surface area is 176 Å². The normalized spacial score (nSPS) is 14.9. The van der Waals surface area contributed by atoms with E-state index in [4.69, 9.17) is 0 Å². The molecule has 3 N–H and O–H groups in total. The van der Waals surface area contributed by atoms with E-state index in [0.717, 1.165) is 34.6 Å². The Morgan fingerprint density at radius 3 is 2.38 bits per heavy atom. The molecule has 0 saturated heterocycles. The molecule has 1 atom stereocenters. The number of halogens is 1. The van der Waals surface area contributed by atoms with Gasteiger partial charge in [-0.1, -0.05) is 55.8 Å². The van der Waals surface area contributed by atoms with E-state index in [-0.39, 0.29) is 5.41 Å². The number of rotatable bonds is 11. The molecule has 0 aromatic heterocycles. The molecule has 0 bridgehead atoms. The third kappa shape index (κ3) is 7.54. The molecule has 0 fully saturated rings. The summed E-state index contributed by atoms with van der Waals surface area (Å²) in [6, 6.07) is 5.82. The number of benzene rings is 1. The Bertz CT molecular complexity index is 784. The number of anilines is 1. The SMILES string of the molecule is C=CC(C)(CC)C(=C)NNC/C(C)=C/C=C(\C)Nc1ccc(C)cc1C(C)(C)F.